The number of hydrogen-bond donors (Lipinski definition) is 1. The van der Waals surface area contributed by atoms with Crippen LogP contribution < -0.4 is 10.6 Å². The molecule has 1 aromatic rings. The van der Waals surface area contributed by atoms with Gasteiger partial charge in [0.05, 0.1) is 17.2 Å². The highest BCUT2D eigenvalue weighted by molar-refractivity contribution is 7.20. The van der Waals surface area contributed by atoms with Crippen LogP contribution in [0.2, 0.25) is 0 Å². The van der Waals surface area contributed by atoms with E-state index < -0.39 is 0 Å². The Balaban J connectivity index is 3.13. The first-order chi connectivity index (χ1) is 6.99. The van der Waals surface area contributed by atoms with Crippen molar-refractivity contribution in [2.45, 2.75) is 13.8 Å². The number of anilines is 2. The van der Waals surface area contributed by atoms with E-state index in [2.05, 4.69) is 0 Å². The van der Waals surface area contributed by atoms with Crippen LogP contribution in [0.1, 0.15) is 22.8 Å². The molecule has 5 heteroatoms. The standard InChI is InChI=1S/C10H16N2O2S/c1-5-14-10(13)7-6(2)9(12(3)4)15-8(7)11/h5,11H2,1-4H3. The van der Waals surface area contributed by atoms with Gasteiger partial charge >= 0.3 is 5.97 Å². The predicted molar refractivity (Wildman–Crippen MR) is 63.8 cm³/mol. The summed E-state index contributed by atoms with van der Waals surface area (Å²) >= 11 is 1.41. The van der Waals surface area contributed by atoms with Gasteiger partial charge in [0.2, 0.25) is 0 Å². The molecule has 0 aliphatic rings. The van der Waals surface area contributed by atoms with Gasteiger partial charge in [0.1, 0.15) is 5.00 Å². The third kappa shape index (κ3) is 2.23. The summed E-state index contributed by atoms with van der Waals surface area (Å²) in [6, 6.07) is 0. The molecule has 15 heavy (non-hydrogen) atoms. The second-order valence-corrected chi connectivity index (χ2v) is 4.42. The SMILES string of the molecule is CCOC(=O)c1c(N)sc(N(C)C)c1C. The average molecular weight is 228 g/mol. The minimum atomic E-state index is -0.336. The summed E-state index contributed by atoms with van der Waals surface area (Å²) < 4.78 is 4.95. The number of nitrogens with two attached hydrogens (primary N) is 1. The number of esters is 1. The lowest BCUT2D eigenvalue weighted by atomic mass is 10.2. The first kappa shape index (κ1) is 11.8. The highest BCUT2D eigenvalue weighted by Crippen LogP contribution is 2.36. The Kier molecular flexibility index (Phi) is 3.57. The molecule has 0 aliphatic heterocycles. The van der Waals surface area contributed by atoms with Gasteiger partial charge in [0.15, 0.2) is 0 Å². The number of ether oxygens (including phenoxy) is 1. The quantitative estimate of drug-likeness (QED) is 0.803. The van der Waals surface area contributed by atoms with E-state index in [-0.39, 0.29) is 5.97 Å². The normalized spacial score (nSPS) is 10.1. The summed E-state index contributed by atoms with van der Waals surface area (Å²) in [5, 5.41) is 1.52. The van der Waals surface area contributed by atoms with Gasteiger partial charge in [-0.2, -0.15) is 0 Å². The predicted octanol–water partition coefficient (Wildman–Crippen LogP) is 1.88. The third-order valence-electron chi connectivity index (χ3n) is 2.03. The van der Waals surface area contributed by atoms with Gasteiger partial charge in [-0.1, -0.05) is 0 Å². The molecule has 0 amide bonds. The summed E-state index contributed by atoms with van der Waals surface area (Å²) in [7, 11) is 3.85. The molecule has 0 saturated heterocycles. The minimum absolute atomic E-state index is 0.336. The minimum Gasteiger partial charge on any atom is -0.462 e. The van der Waals surface area contributed by atoms with Crippen LogP contribution in [-0.2, 0) is 4.74 Å². The zero-order valence-electron chi connectivity index (χ0n) is 9.46. The monoisotopic (exact) mass is 228 g/mol. The smallest absolute Gasteiger partial charge is 0.341 e. The Morgan fingerprint density at radius 1 is 1.53 bits per heavy atom. The number of rotatable bonds is 3. The lowest BCUT2D eigenvalue weighted by Crippen LogP contribution is -2.10. The van der Waals surface area contributed by atoms with Crippen molar-refractivity contribution >= 4 is 27.3 Å². The Morgan fingerprint density at radius 3 is 2.53 bits per heavy atom. The summed E-state index contributed by atoms with van der Waals surface area (Å²) in [5.74, 6) is -0.336. The van der Waals surface area contributed by atoms with Crippen LogP contribution in [0.4, 0.5) is 10.0 Å². The van der Waals surface area contributed by atoms with Crippen LogP contribution in [0.5, 0.6) is 0 Å². The van der Waals surface area contributed by atoms with Gasteiger partial charge in [-0.25, -0.2) is 4.79 Å². The van der Waals surface area contributed by atoms with E-state index in [4.69, 9.17) is 10.5 Å². The molecule has 0 aliphatic carbocycles. The van der Waals surface area contributed by atoms with Gasteiger partial charge in [0.25, 0.3) is 0 Å². The topological polar surface area (TPSA) is 55.6 Å². The summed E-state index contributed by atoms with van der Waals surface area (Å²) in [5.41, 5.74) is 7.20. The molecular formula is C10H16N2O2S. The number of carbonyl (C=O) groups is 1. The molecule has 0 bridgehead atoms. The molecule has 1 heterocycles. The Bertz CT molecular complexity index is 372. The molecular weight excluding hydrogens is 212 g/mol. The third-order valence-corrected chi connectivity index (χ3v) is 3.32. The van der Waals surface area contributed by atoms with Crippen molar-refractivity contribution < 1.29 is 9.53 Å². The Labute approximate surface area is 93.6 Å². The van der Waals surface area contributed by atoms with E-state index in [1.165, 1.54) is 11.3 Å². The number of thiophene rings is 1. The molecule has 0 spiro atoms. The van der Waals surface area contributed by atoms with Gasteiger partial charge in [-0.3, -0.25) is 0 Å². The second kappa shape index (κ2) is 4.53. The molecule has 2 N–H and O–H groups in total. The summed E-state index contributed by atoms with van der Waals surface area (Å²) in [6.45, 7) is 4.03. The van der Waals surface area contributed by atoms with Crippen molar-refractivity contribution in [1.82, 2.24) is 0 Å². The van der Waals surface area contributed by atoms with Gasteiger partial charge in [0, 0.05) is 19.7 Å². The zero-order chi connectivity index (χ0) is 11.6. The van der Waals surface area contributed by atoms with Crippen LogP contribution in [0.15, 0.2) is 0 Å². The number of nitrogens with zero attached hydrogens (tertiary/aromatic N) is 1. The highest BCUT2D eigenvalue weighted by atomic mass is 32.1. The average Bonchev–Trinajstić information content (AvgIpc) is 2.42. The van der Waals surface area contributed by atoms with Crippen molar-refractivity contribution in [1.29, 1.82) is 0 Å². The largest absolute Gasteiger partial charge is 0.462 e. The Hall–Kier alpha value is -1.23. The molecule has 0 aromatic carbocycles. The fourth-order valence-corrected chi connectivity index (χ4v) is 2.39. The molecule has 0 saturated carbocycles. The molecule has 0 radical (unpaired) electrons. The number of carbonyl (C=O) groups excluding carboxylic acids is 1. The van der Waals surface area contributed by atoms with Crippen molar-refractivity contribution in [2.24, 2.45) is 0 Å². The van der Waals surface area contributed by atoms with Crippen LogP contribution >= 0.6 is 11.3 Å². The van der Waals surface area contributed by atoms with Gasteiger partial charge in [-0.15, -0.1) is 11.3 Å². The van der Waals surface area contributed by atoms with E-state index >= 15 is 0 Å². The molecule has 0 atom stereocenters. The van der Waals surface area contributed by atoms with Gasteiger partial charge in [-0.05, 0) is 13.8 Å². The van der Waals surface area contributed by atoms with Crippen molar-refractivity contribution in [3.8, 4) is 0 Å². The first-order valence-electron chi connectivity index (χ1n) is 4.72. The van der Waals surface area contributed by atoms with E-state index in [1.54, 1.807) is 6.92 Å². The highest BCUT2D eigenvalue weighted by Gasteiger charge is 2.21. The van der Waals surface area contributed by atoms with Crippen LogP contribution in [-0.4, -0.2) is 26.7 Å². The van der Waals surface area contributed by atoms with Crippen LogP contribution in [0.25, 0.3) is 0 Å². The molecule has 1 aromatic heterocycles. The summed E-state index contributed by atoms with van der Waals surface area (Å²) in [4.78, 5) is 13.6. The fourth-order valence-electron chi connectivity index (χ4n) is 1.41. The van der Waals surface area contributed by atoms with E-state index in [9.17, 15) is 4.79 Å². The van der Waals surface area contributed by atoms with Gasteiger partial charge < -0.3 is 15.4 Å². The van der Waals surface area contributed by atoms with E-state index in [1.807, 2.05) is 25.9 Å². The number of nitrogen functional groups attached to an aromatic ring is 1. The maximum absolute atomic E-state index is 11.6. The lowest BCUT2D eigenvalue weighted by Gasteiger charge is -2.10. The maximum atomic E-state index is 11.6. The summed E-state index contributed by atoms with van der Waals surface area (Å²) in [6.07, 6.45) is 0. The Morgan fingerprint density at radius 2 is 2.13 bits per heavy atom. The van der Waals surface area contributed by atoms with E-state index in [0.29, 0.717) is 17.2 Å². The van der Waals surface area contributed by atoms with Crippen LogP contribution in [0, 0.1) is 6.92 Å². The molecule has 84 valence electrons. The van der Waals surface area contributed by atoms with Crippen LogP contribution in [0.3, 0.4) is 0 Å². The lowest BCUT2D eigenvalue weighted by molar-refractivity contribution is 0.0527. The maximum Gasteiger partial charge on any atom is 0.341 e. The molecule has 0 fully saturated rings. The zero-order valence-corrected chi connectivity index (χ0v) is 10.3. The molecule has 0 unspecified atom stereocenters. The van der Waals surface area contributed by atoms with Crippen molar-refractivity contribution in [3.05, 3.63) is 11.1 Å². The molecule has 4 nitrogen and oxygen atoms in total. The second-order valence-electron chi connectivity index (χ2n) is 3.39. The van der Waals surface area contributed by atoms with Crippen molar-refractivity contribution in [3.63, 3.8) is 0 Å². The molecule has 1 rings (SSSR count). The van der Waals surface area contributed by atoms with E-state index in [0.717, 1.165) is 10.6 Å². The fraction of sp³-hybridized carbons (Fsp3) is 0.500. The van der Waals surface area contributed by atoms with Crippen molar-refractivity contribution in [2.75, 3.05) is 31.3 Å². The first-order valence-corrected chi connectivity index (χ1v) is 5.54. The number of hydrogen-bond acceptors (Lipinski definition) is 5.